The average Bonchev–Trinajstić information content (AvgIpc) is 2.85. The lowest BCUT2D eigenvalue weighted by Crippen LogP contribution is -2.41. The van der Waals surface area contributed by atoms with Crippen LogP contribution in [0.25, 0.3) is 0 Å². The Balaban J connectivity index is 0.00000225. The van der Waals surface area contributed by atoms with E-state index in [2.05, 4.69) is 5.32 Å². The second kappa shape index (κ2) is 9.30. The minimum absolute atomic E-state index is 0. The summed E-state index contributed by atoms with van der Waals surface area (Å²) in [6.45, 7) is 1.72. The van der Waals surface area contributed by atoms with Crippen LogP contribution in [0.2, 0.25) is 0 Å². The number of nitrogens with two attached hydrogens (primary N) is 1. The standard InChI is InChI=1S/C19H22N2O3.ClH/c20-16(11-14-5-2-1-3-6-14)19(22)21-13-15-7-8-17-18(12-15)24-10-4-9-23-17;/h1-3,5-8,12,16H,4,9-11,13,20H2,(H,21,22);1H/t16-;/m0./s1. The summed E-state index contributed by atoms with van der Waals surface area (Å²) < 4.78 is 11.3. The van der Waals surface area contributed by atoms with E-state index < -0.39 is 6.04 Å². The Morgan fingerprint density at radius 1 is 1.04 bits per heavy atom. The van der Waals surface area contributed by atoms with Crippen LogP contribution in [0.4, 0.5) is 0 Å². The Morgan fingerprint density at radius 2 is 1.76 bits per heavy atom. The molecule has 2 aromatic carbocycles. The summed E-state index contributed by atoms with van der Waals surface area (Å²) in [7, 11) is 0. The number of hydrogen-bond acceptors (Lipinski definition) is 4. The average molecular weight is 363 g/mol. The van der Waals surface area contributed by atoms with E-state index in [1.54, 1.807) is 0 Å². The molecule has 6 heteroatoms. The molecule has 0 unspecified atom stereocenters. The largest absolute Gasteiger partial charge is 0.490 e. The van der Waals surface area contributed by atoms with E-state index in [9.17, 15) is 4.79 Å². The summed E-state index contributed by atoms with van der Waals surface area (Å²) in [4.78, 5) is 12.2. The van der Waals surface area contributed by atoms with Crippen LogP contribution in [-0.2, 0) is 17.8 Å². The minimum atomic E-state index is -0.562. The van der Waals surface area contributed by atoms with Crippen LogP contribution in [0.1, 0.15) is 17.5 Å². The fourth-order valence-electron chi connectivity index (χ4n) is 2.60. The number of carbonyl (C=O) groups is 1. The summed E-state index contributed by atoms with van der Waals surface area (Å²) in [6.07, 6.45) is 1.39. The van der Waals surface area contributed by atoms with Crippen molar-refractivity contribution in [2.24, 2.45) is 5.73 Å². The number of hydrogen-bond donors (Lipinski definition) is 2. The second-order valence-corrected chi connectivity index (χ2v) is 5.85. The fraction of sp³-hybridized carbons (Fsp3) is 0.316. The molecule has 0 radical (unpaired) electrons. The number of benzene rings is 2. The maximum atomic E-state index is 12.2. The first-order valence-electron chi connectivity index (χ1n) is 8.18. The lowest BCUT2D eigenvalue weighted by molar-refractivity contribution is -0.122. The van der Waals surface area contributed by atoms with Gasteiger partial charge in [-0.25, -0.2) is 0 Å². The summed E-state index contributed by atoms with van der Waals surface area (Å²) in [5.41, 5.74) is 8.00. The Labute approximate surface area is 153 Å². The van der Waals surface area contributed by atoms with Crippen LogP contribution in [0.5, 0.6) is 11.5 Å². The first-order chi connectivity index (χ1) is 11.7. The molecule has 134 valence electrons. The van der Waals surface area contributed by atoms with Crippen molar-refractivity contribution in [3.63, 3.8) is 0 Å². The summed E-state index contributed by atoms with van der Waals surface area (Å²) in [5, 5.41) is 2.88. The van der Waals surface area contributed by atoms with E-state index in [1.807, 2.05) is 48.5 Å². The smallest absolute Gasteiger partial charge is 0.237 e. The molecule has 1 atom stereocenters. The second-order valence-electron chi connectivity index (χ2n) is 5.85. The van der Waals surface area contributed by atoms with Gasteiger partial charge in [-0.05, 0) is 29.7 Å². The quantitative estimate of drug-likeness (QED) is 0.856. The van der Waals surface area contributed by atoms with Crippen LogP contribution >= 0.6 is 12.4 Å². The number of ether oxygens (including phenoxy) is 2. The fourth-order valence-corrected chi connectivity index (χ4v) is 2.60. The zero-order valence-corrected chi connectivity index (χ0v) is 14.8. The predicted octanol–water partition coefficient (Wildman–Crippen LogP) is 2.46. The van der Waals surface area contributed by atoms with Gasteiger partial charge in [0.25, 0.3) is 0 Å². The van der Waals surface area contributed by atoms with Crippen molar-refractivity contribution in [3.8, 4) is 11.5 Å². The molecule has 0 aromatic heterocycles. The lowest BCUT2D eigenvalue weighted by atomic mass is 10.1. The molecule has 2 aromatic rings. The number of halogens is 1. The van der Waals surface area contributed by atoms with Gasteiger partial charge in [0.1, 0.15) is 0 Å². The van der Waals surface area contributed by atoms with Crippen LogP contribution < -0.4 is 20.5 Å². The molecule has 0 saturated carbocycles. The number of carbonyl (C=O) groups excluding carboxylic acids is 1. The molecule has 0 bridgehead atoms. The molecule has 3 rings (SSSR count). The van der Waals surface area contributed by atoms with Gasteiger partial charge in [-0.1, -0.05) is 36.4 Å². The summed E-state index contributed by atoms with van der Waals surface area (Å²) in [5.74, 6) is 1.32. The molecule has 1 aliphatic heterocycles. The van der Waals surface area contributed by atoms with Gasteiger partial charge in [0.15, 0.2) is 11.5 Å². The van der Waals surface area contributed by atoms with E-state index in [4.69, 9.17) is 15.2 Å². The highest BCUT2D eigenvalue weighted by Gasteiger charge is 2.15. The van der Waals surface area contributed by atoms with Crippen LogP contribution in [0.3, 0.4) is 0 Å². The van der Waals surface area contributed by atoms with Crippen molar-refractivity contribution in [1.82, 2.24) is 5.32 Å². The first-order valence-corrected chi connectivity index (χ1v) is 8.18. The minimum Gasteiger partial charge on any atom is -0.490 e. The Morgan fingerprint density at radius 3 is 2.52 bits per heavy atom. The third kappa shape index (κ3) is 5.37. The van der Waals surface area contributed by atoms with Crippen LogP contribution in [0, 0.1) is 0 Å². The zero-order chi connectivity index (χ0) is 16.8. The van der Waals surface area contributed by atoms with E-state index in [0.29, 0.717) is 26.2 Å². The van der Waals surface area contributed by atoms with Gasteiger partial charge in [0, 0.05) is 13.0 Å². The monoisotopic (exact) mass is 362 g/mol. The van der Waals surface area contributed by atoms with Crippen molar-refractivity contribution in [2.75, 3.05) is 13.2 Å². The van der Waals surface area contributed by atoms with Gasteiger partial charge >= 0.3 is 0 Å². The van der Waals surface area contributed by atoms with E-state index >= 15 is 0 Å². The zero-order valence-electron chi connectivity index (χ0n) is 13.9. The van der Waals surface area contributed by atoms with Crippen molar-refractivity contribution in [1.29, 1.82) is 0 Å². The number of rotatable bonds is 5. The maximum Gasteiger partial charge on any atom is 0.237 e. The molecule has 0 saturated heterocycles. The lowest BCUT2D eigenvalue weighted by Gasteiger charge is -2.13. The number of fused-ring (bicyclic) bond motifs is 1. The van der Waals surface area contributed by atoms with Gasteiger partial charge in [0.2, 0.25) is 5.91 Å². The van der Waals surface area contributed by atoms with Crippen molar-refractivity contribution >= 4 is 18.3 Å². The molecular formula is C19H23ClN2O3. The normalized spacial score (nSPS) is 14.0. The maximum absolute atomic E-state index is 12.2. The number of nitrogens with one attached hydrogen (secondary N) is 1. The summed E-state index contributed by atoms with van der Waals surface area (Å²) in [6, 6.07) is 14.9. The third-order valence-electron chi connectivity index (χ3n) is 3.91. The Hall–Kier alpha value is -2.24. The van der Waals surface area contributed by atoms with Crippen molar-refractivity contribution < 1.29 is 14.3 Å². The third-order valence-corrected chi connectivity index (χ3v) is 3.91. The molecule has 0 spiro atoms. The highest BCUT2D eigenvalue weighted by atomic mass is 35.5. The van der Waals surface area contributed by atoms with Gasteiger partial charge in [-0.3, -0.25) is 4.79 Å². The molecular weight excluding hydrogens is 340 g/mol. The van der Waals surface area contributed by atoms with Crippen LogP contribution in [-0.4, -0.2) is 25.2 Å². The first kappa shape index (κ1) is 19.1. The molecule has 0 aliphatic carbocycles. The van der Waals surface area contributed by atoms with Crippen molar-refractivity contribution in [3.05, 3.63) is 59.7 Å². The van der Waals surface area contributed by atoms with Gasteiger partial charge in [-0.15, -0.1) is 12.4 Å². The summed E-state index contributed by atoms with van der Waals surface area (Å²) >= 11 is 0. The van der Waals surface area contributed by atoms with Crippen LogP contribution in [0.15, 0.2) is 48.5 Å². The van der Waals surface area contributed by atoms with E-state index in [-0.39, 0.29) is 18.3 Å². The predicted molar refractivity (Wildman–Crippen MR) is 99.3 cm³/mol. The molecule has 1 amide bonds. The van der Waals surface area contributed by atoms with Gasteiger partial charge in [0.05, 0.1) is 19.3 Å². The van der Waals surface area contributed by atoms with Gasteiger partial charge in [-0.2, -0.15) is 0 Å². The molecule has 0 fully saturated rings. The molecule has 1 aliphatic rings. The number of amides is 1. The topological polar surface area (TPSA) is 73.6 Å². The molecule has 3 N–H and O–H groups in total. The van der Waals surface area contributed by atoms with Crippen molar-refractivity contribution in [2.45, 2.75) is 25.4 Å². The molecule has 5 nitrogen and oxygen atoms in total. The van der Waals surface area contributed by atoms with E-state index in [1.165, 1.54) is 0 Å². The highest BCUT2D eigenvalue weighted by Crippen LogP contribution is 2.30. The molecule has 1 heterocycles. The SMILES string of the molecule is Cl.N[C@@H](Cc1ccccc1)C(=O)NCc1ccc2c(c1)OCCCO2. The Kier molecular flexibility index (Phi) is 7.10. The molecule has 25 heavy (non-hydrogen) atoms. The highest BCUT2D eigenvalue weighted by molar-refractivity contribution is 5.85. The van der Waals surface area contributed by atoms with E-state index in [0.717, 1.165) is 29.0 Å². The van der Waals surface area contributed by atoms with Gasteiger partial charge < -0.3 is 20.5 Å². The Bertz CT molecular complexity index is 694.